The highest BCUT2D eigenvalue weighted by Crippen LogP contribution is 2.31. The van der Waals surface area contributed by atoms with Gasteiger partial charge in [-0.15, -0.1) is 0 Å². The molecule has 3 N–H and O–H groups in total. The van der Waals surface area contributed by atoms with Crippen molar-refractivity contribution in [1.29, 1.82) is 0 Å². The molecule has 6 heteroatoms. The van der Waals surface area contributed by atoms with E-state index in [2.05, 4.69) is 15.5 Å². The van der Waals surface area contributed by atoms with Crippen LogP contribution < -0.4 is 5.32 Å². The number of anilines is 1. The van der Waals surface area contributed by atoms with Crippen LogP contribution in [0.1, 0.15) is 38.4 Å². The first-order valence-electron chi connectivity index (χ1n) is 6.23. The van der Waals surface area contributed by atoms with Crippen LogP contribution in [0.15, 0.2) is 0 Å². The van der Waals surface area contributed by atoms with E-state index in [0.29, 0.717) is 5.82 Å². The Hall–Kier alpha value is -1.85. The first-order chi connectivity index (χ1) is 8.68. The van der Waals surface area contributed by atoms with Crippen LogP contribution in [-0.2, 0) is 9.59 Å². The van der Waals surface area contributed by atoms with Crippen LogP contribution >= 0.6 is 0 Å². The van der Waals surface area contributed by atoms with Gasteiger partial charge in [-0.3, -0.25) is 14.7 Å². The van der Waals surface area contributed by atoms with Gasteiger partial charge >= 0.3 is 5.97 Å². The highest BCUT2D eigenvalue weighted by atomic mass is 16.4. The second-order valence-electron chi connectivity index (χ2n) is 5.42. The molecule has 1 atom stereocenters. The molecule has 1 rings (SSSR count). The highest BCUT2D eigenvalue weighted by molar-refractivity contribution is 5.94. The Morgan fingerprint density at radius 1 is 1.42 bits per heavy atom. The molecule has 19 heavy (non-hydrogen) atoms. The van der Waals surface area contributed by atoms with Gasteiger partial charge in [-0.1, -0.05) is 13.8 Å². The average Bonchev–Trinajstić information content (AvgIpc) is 2.60. The molecular weight excluding hydrogens is 246 g/mol. The number of carboxylic acid groups (broad SMARTS) is 1. The van der Waals surface area contributed by atoms with Gasteiger partial charge in [0, 0.05) is 17.7 Å². The Bertz CT molecular complexity index is 493. The first kappa shape index (κ1) is 15.2. The number of aliphatic carboxylic acids is 1. The van der Waals surface area contributed by atoms with Crippen LogP contribution in [0.5, 0.6) is 0 Å². The van der Waals surface area contributed by atoms with E-state index in [1.807, 2.05) is 13.8 Å². The maximum absolute atomic E-state index is 12.0. The van der Waals surface area contributed by atoms with Crippen LogP contribution in [0.25, 0.3) is 0 Å². The number of carbonyl (C=O) groups excluding carboxylic acids is 1. The van der Waals surface area contributed by atoms with Crippen LogP contribution in [-0.4, -0.2) is 27.2 Å². The lowest BCUT2D eigenvalue weighted by atomic mass is 9.76. The molecule has 0 fully saturated rings. The SMILES string of the molecule is Cc1[nH]nc(NC(=O)CC(C)(C(=O)O)C(C)C)c1C. The summed E-state index contributed by atoms with van der Waals surface area (Å²) in [5.41, 5.74) is 0.652. The fourth-order valence-electron chi connectivity index (χ4n) is 1.64. The van der Waals surface area contributed by atoms with Gasteiger partial charge in [0.05, 0.1) is 5.41 Å². The molecule has 0 spiro atoms. The first-order valence-corrected chi connectivity index (χ1v) is 6.23. The topological polar surface area (TPSA) is 95.1 Å². The van der Waals surface area contributed by atoms with Crippen LogP contribution in [0.2, 0.25) is 0 Å². The lowest BCUT2D eigenvalue weighted by Crippen LogP contribution is -2.37. The summed E-state index contributed by atoms with van der Waals surface area (Å²) in [5.74, 6) is -0.988. The summed E-state index contributed by atoms with van der Waals surface area (Å²) >= 11 is 0. The zero-order valence-electron chi connectivity index (χ0n) is 12.0. The fourth-order valence-corrected chi connectivity index (χ4v) is 1.64. The van der Waals surface area contributed by atoms with Crippen molar-refractivity contribution in [3.63, 3.8) is 0 Å². The number of aromatic amines is 1. The summed E-state index contributed by atoms with van der Waals surface area (Å²) in [6.07, 6.45) is -0.0780. The van der Waals surface area contributed by atoms with Gasteiger partial charge in [0.1, 0.15) is 0 Å². The molecular formula is C13H21N3O3. The van der Waals surface area contributed by atoms with E-state index in [0.717, 1.165) is 11.3 Å². The fraction of sp³-hybridized carbons (Fsp3) is 0.615. The van der Waals surface area contributed by atoms with Gasteiger partial charge in [0.25, 0.3) is 0 Å². The molecule has 1 heterocycles. The average molecular weight is 267 g/mol. The quantitative estimate of drug-likeness (QED) is 0.761. The molecule has 106 valence electrons. The maximum Gasteiger partial charge on any atom is 0.310 e. The lowest BCUT2D eigenvalue weighted by molar-refractivity contribution is -0.153. The van der Waals surface area contributed by atoms with Crippen molar-refractivity contribution in [2.75, 3.05) is 5.32 Å². The number of aryl methyl sites for hydroxylation is 1. The largest absolute Gasteiger partial charge is 0.481 e. The highest BCUT2D eigenvalue weighted by Gasteiger charge is 2.38. The van der Waals surface area contributed by atoms with Crippen molar-refractivity contribution in [1.82, 2.24) is 10.2 Å². The second-order valence-corrected chi connectivity index (χ2v) is 5.42. The van der Waals surface area contributed by atoms with Gasteiger partial charge in [0.15, 0.2) is 5.82 Å². The molecule has 0 saturated carbocycles. The van der Waals surface area contributed by atoms with Crippen molar-refractivity contribution in [3.05, 3.63) is 11.3 Å². The van der Waals surface area contributed by atoms with E-state index in [9.17, 15) is 14.7 Å². The Kier molecular flexibility index (Phi) is 4.34. The molecule has 0 aromatic carbocycles. The minimum absolute atomic E-state index is 0.0780. The third-order valence-electron chi connectivity index (χ3n) is 3.80. The van der Waals surface area contributed by atoms with Crippen molar-refractivity contribution >= 4 is 17.7 Å². The van der Waals surface area contributed by atoms with Gasteiger partial charge in [0.2, 0.25) is 5.91 Å². The van der Waals surface area contributed by atoms with Gasteiger partial charge in [-0.2, -0.15) is 5.10 Å². The molecule has 0 radical (unpaired) electrons. The number of amides is 1. The van der Waals surface area contributed by atoms with Gasteiger partial charge in [-0.05, 0) is 26.7 Å². The molecule has 1 aromatic rings. The Morgan fingerprint density at radius 2 is 2.00 bits per heavy atom. The Labute approximate surface area is 112 Å². The molecule has 0 saturated heterocycles. The summed E-state index contributed by atoms with van der Waals surface area (Å²) in [6, 6.07) is 0. The van der Waals surface area contributed by atoms with E-state index in [1.54, 1.807) is 20.8 Å². The Morgan fingerprint density at radius 3 is 2.37 bits per heavy atom. The maximum atomic E-state index is 12.0. The molecule has 1 amide bonds. The van der Waals surface area contributed by atoms with Crippen molar-refractivity contribution in [2.24, 2.45) is 11.3 Å². The molecule has 6 nitrogen and oxygen atoms in total. The van der Waals surface area contributed by atoms with E-state index in [4.69, 9.17) is 0 Å². The normalized spacial score (nSPS) is 14.2. The number of aromatic nitrogens is 2. The summed E-state index contributed by atoms with van der Waals surface area (Å²) in [6.45, 7) is 8.87. The van der Waals surface area contributed by atoms with E-state index >= 15 is 0 Å². The summed E-state index contributed by atoms with van der Waals surface area (Å²) < 4.78 is 0. The number of hydrogen-bond donors (Lipinski definition) is 3. The molecule has 1 unspecified atom stereocenters. The summed E-state index contributed by atoms with van der Waals surface area (Å²) in [5, 5.41) is 18.7. The monoisotopic (exact) mass is 267 g/mol. The molecule has 1 aromatic heterocycles. The van der Waals surface area contributed by atoms with Crippen molar-refractivity contribution in [2.45, 2.75) is 41.0 Å². The number of rotatable bonds is 5. The minimum Gasteiger partial charge on any atom is -0.481 e. The van der Waals surface area contributed by atoms with Crippen LogP contribution in [0, 0.1) is 25.2 Å². The molecule has 0 aliphatic heterocycles. The zero-order chi connectivity index (χ0) is 14.8. The summed E-state index contributed by atoms with van der Waals surface area (Å²) in [4.78, 5) is 23.3. The smallest absolute Gasteiger partial charge is 0.310 e. The number of carboxylic acids is 1. The van der Waals surface area contributed by atoms with Crippen LogP contribution in [0.4, 0.5) is 5.82 Å². The summed E-state index contributed by atoms with van der Waals surface area (Å²) in [7, 11) is 0. The van der Waals surface area contributed by atoms with Crippen molar-refractivity contribution < 1.29 is 14.7 Å². The number of hydrogen-bond acceptors (Lipinski definition) is 3. The predicted molar refractivity (Wildman–Crippen MR) is 71.9 cm³/mol. The van der Waals surface area contributed by atoms with E-state index < -0.39 is 11.4 Å². The molecule has 0 aliphatic carbocycles. The van der Waals surface area contributed by atoms with E-state index in [-0.39, 0.29) is 18.2 Å². The Balaban J connectivity index is 2.80. The second kappa shape index (κ2) is 5.42. The third kappa shape index (κ3) is 3.13. The third-order valence-corrected chi connectivity index (χ3v) is 3.80. The van der Waals surface area contributed by atoms with E-state index in [1.165, 1.54) is 0 Å². The number of carbonyl (C=O) groups is 2. The van der Waals surface area contributed by atoms with Crippen LogP contribution in [0.3, 0.4) is 0 Å². The molecule has 0 aliphatic rings. The molecule has 0 bridgehead atoms. The van der Waals surface area contributed by atoms with Gasteiger partial charge in [-0.25, -0.2) is 0 Å². The lowest BCUT2D eigenvalue weighted by Gasteiger charge is -2.28. The minimum atomic E-state index is -1.08. The number of nitrogens with one attached hydrogen (secondary N) is 2. The zero-order valence-corrected chi connectivity index (χ0v) is 12.0. The number of nitrogens with zero attached hydrogens (tertiary/aromatic N) is 1. The number of H-pyrrole nitrogens is 1. The standard InChI is InChI=1S/C13H21N3O3/c1-7(2)13(5,12(18)19)6-10(17)14-11-8(3)9(4)15-16-11/h7H,6H2,1-5H3,(H,18,19)(H2,14,15,16,17). The van der Waals surface area contributed by atoms with Gasteiger partial charge < -0.3 is 10.4 Å². The van der Waals surface area contributed by atoms with Crippen molar-refractivity contribution in [3.8, 4) is 0 Å². The predicted octanol–water partition coefficient (Wildman–Crippen LogP) is 2.10.